The highest BCUT2D eigenvalue weighted by atomic mass is 16.5. The summed E-state index contributed by atoms with van der Waals surface area (Å²) >= 11 is 0. The van der Waals surface area contributed by atoms with Crippen molar-refractivity contribution < 1.29 is 14.3 Å². The van der Waals surface area contributed by atoms with Crippen molar-refractivity contribution in [2.75, 3.05) is 12.0 Å². The third-order valence-electron chi connectivity index (χ3n) is 4.09. The van der Waals surface area contributed by atoms with Crippen LogP contribution in [-0.2, 0) is 4.74 Å². The number of anilines is 3. The molecule has 0 saturated carbocycles. The monoisotopic (exact) mass is 345 g/mol. The summed E-state index contributed by atoms with van der Waals surface area (Å²) in [5.41, 5.74) is 3.22. The molecule has 4 heteroatoms. The van der Waals surface area contributed by atoms with Gasteiger partial charge in [0.15, 0.2) is 5.78 Å². The molecule has 0 radical (unpaired) electrons. The van der Waals surface area contributed by atoms with Crippen molar-refractivity contribution in [1.29, 1.82) is 0 Å². The van der Waals surface area contributed by atoms with E-state index in [0.29, 0.717) is 22.5 Å². The number of methoxy groups -OCH3 is 1. The van der Waals surface area contributed by atoms with Gasteiger partial charge in [0.1, 0.15) is 0 Å². The number of Topliss-reactive ketones (excluding diaryl/α,β-unsaturated/α-hetero) is 1. The van der Waals surface area contributed by atoms with Crippen LogP contribution in [0.5, 0.6) is 0 Å². The van der Waals surface area contributed by atoms with Gasteiger partial charge in [-0.3, -0.25) is 4.79 Å². The van der Waals surface area contributed by atoms with Crippen LogP contribution in [0.2, 0.25) is 0 Å². The maximum atomic E-state index is 12.3. The van der Waals surface area contributed by atoms with Crippen molar-refractivity contribution >= 4 is 28.8 Å². The van der Waals surface area contributed by atoms with Gasteiger partial charge in [0.25, 0.3) is 0 Å². The second kappa shape index (κ2) is 7.66. The number of rotatable bonds is 5. The van der Waals surface area contributed by atoms with Crippen LogP contribution in [0.15, 0.2) is 78.9 Å². The second-order valence-electron chi connectivity index (χ2n) is 5.75. The van der Waals surface area contributed by atoms with E-state index in [4.69, 9.17) is 4.74 Å². The molecule has 0 heterocycles. The van der Waals surface area contributed by atoms with Gasteiger partial charge in [-0.15, -0.1) is 0 Å². The van der Waals surface area contributed by atoms with Gasteiger partial charge in [-0.1, -0.05) is 42.5 Å². The molecule has 0 saturated heterocycles. The first-order chi connectivity index (χ1) is 12.6. The highest BCUT2D eigenvalue weighted by molar-refractivity contribution is 6.04. The number of hydrogen-bond donors (Lipinski definition) is 0. The van der Waals surface area contributed by atoms with Crippen molar-refractivity contribution in [3.05, 3.63) is 90.0 Å². The molecule has 3 aromatic rings. The number of esters is 1. The van der Waals surface area contributed by atoms with Gasteiger partial charge in [0.05, 0.1) is 24.0 Å². The van der Waals surface area contributed by atoms with Crippen LogP contribution in [0.25, 0.3) is 0 Å². The molecule has 0 aliphatic rings. The fourth-order valence-corrected chi connectivity index (χ4v) is 2.90. The molecule has 0 aromatic heterocycles. The molecule has 0 atom stereocenters. The highest BCUT2D eigenvalue weighted by Gasteiger charge is 2.22. The molecule has 26 heavy (non-hydrogen) atoms. The Bertz CT molecular complexity index is 935. The number of ether oxygens (including phenoxy) is 1. The van der Waals surface area contributed by atoms with Crippen LogP contribution in [-0.4, -0.2) is 18.9 Å². The third-order valence-corrected chi connectivity index (χ3v) is 4.09. The molecular weight excluding hydrogens is 326 g/mol. The van der Waals surface area contributed by atoms with Crippen molar-refractivity contribution in [1.82, 2.24) is 0 Å². The standard InChI is InChI=1S/C22H19NO3/c1-16(24)18-12-6-8-14-20(18)23(17-10-4-3-5-11-17)21-15-9-7-13-19(21)22(25)26-2/h3-15H,1-2H3. The molecule has 0 aliphatic carbocycles. The number of hydrogen-bond acceptors (Lipinski definition) is 4. The van der Waals surface area contributed by atoms with Crippen LogP contribution >= 0.6 is 0 Å². The summed E-state index contributed by atoms with van der Waals surface area (Å²) < 4.78 is 4.94. The van der Waals surface area contributed by atoms with Gasteiger partial charge >= 0.3 is 5.97 Å². The third kappa shape index (κ3) is 3.35. The lowest BCUT2D eigenvalue weighted by Crippen LogP contribution is -2.17. The lowest BCUT2D eigenvalue weighted by Gasteiger charge is -2.28. The van der Waals surface area contributed by atoms with E-state index in [-0.39, 0.29) is 5.78 Å². The van der Waals surface area contributed by atoms with Crippen LogP contribution in [0.3, 0.4) is 0 Å². The summed E-state index contributed by atoms with van der Waals surface area (Å²) in [6.45, 7) is 1.54. The average molecular weight is 345 g/mol. The minimum atomic E-state index is -0.429. The predicted octanol–water partition coefficient (Wildman–Crippen LogP) is 5.15. The minimum absolute atomic E-state index is 0.0444. The zero-order valence-electron chi connectivity index (χ0n) is 14.7. The Morgan fingerprint density at radius 1 is 0.731 bits per heavy atom. The Labute approximate surface area is 152 Å². The molecule has 0 fully saturated rings. The smallest absolute Gasteiger partial charge is 0.339 e. The van der Waals surface area contributed by atoms with E-state index in [0.717, 1.165) is 5.69 Å². The Hall–Kier alpha value is -3.40. The van der Waals surface area contributed by atoms with Gasteiger partial charge in [-0.05, 0) is 43.3 Å². The molecule has 0 aliphatic heterocycles. The van der Waals surface area contributed by atoms with E-state index >= 15 is 0 Å². The maximum Gasteiger partial charge on any atom is 0.339 e. The van der Waals surface area contributed by atoms with Gasteiger partial charge < -0.3 is 9.64 Å². The second-order valence-corrected chi connectivity index (χ2v) is 5.75. The van der Waals surface area contributed by atoms with Crippen LogP contribution in [0.1, 0.15) is 27.6 Å². The molecule has 0 spiro atoms. The quantitative estimate of drug-likeness (QED) is 0.474. The van der Waals surface area contributed by atoms with E-state index < -0.39 is 5.97 Å². The number of benzene rings is 3. The highest BCUT2D eigenvalue weighted by Crippen LogP contribution is 2.38. The van der Waals surface area contributed by atoms with E-state index in [9.17, 15) is 9.59 Å². The average Bonchev–Trinajstić information content (AvgIpc) is 2.69. The van der Waals surface area contributed by atoms with Crippen molar-refractivity contribution in [2.24, 2.45) is 0 Å². The molecule has 0 N–H and O–H groups in total. The largest absolute Gasteiger partial charge is 0.465 e. The van der Waals surface area contributed by atoms with Gasteiger partial charge in [0.2, 0.25) is 0 Å². The fourth-order valence-electron chi connectivity index (χ4n) is 2.90. The molecule has 0 bridgehead atoms. The summed E-state index contributed by atoms with van der Waals surface area (Å²) in [6, 6.07) is 24.2. The van der Waals surface area contributed by atoms with Crippen molar-refractivity contribution in [3.63, 3.8) is 0 Å². The number of ketones is 1. The Morgan fingerprint density at radius 3 is 1.81 bits per heavy atom. The first-order valence-electron chi connectivity index (χ1n) is 8.26. The molecule has 0 amide bonds. The van der Waals surface area contributed by atoms with Gasteiger partial charge in [-0.25, -0.2) is 4.79 Å². The molecule has 130 valence electrons. The SMILES string of the molecule is COC(=O)c1ccccc1N(c1ccccc1)c1ccccc1C(C)=O. The van der Waals surface area contributed by atoms with E-state index in [1.807, 2.05) is 65.6 Å². The molecule has 0 unspecified atom stereocenters. The summed E-state index contributed by atoms with van der Waals surface area (Å²) in [7, 11) is 1.36. The summed E-state index contributed by atoms with van der Waals surface area (Å²) in [5, 5.41) is 0. The lowest BCUT2D eigenvalue weighted by molar-refractivity contribution is 0.0601. The number of carbonyl (C=O) groups is 2. The Morgan fingerprint density at radius 2 is 1.23 bits per heavy atom. The molecule has 3 rings (SSSR count). The van der Waals surface area contributed by atoms with Gasteiger partial charge in [-0.2, -0.15) is 0 Å². The minimum Gasteiger partial charge on any atom is -0.465 e. The molecular formula is C22H19NO3. The zero-order chi connectivity index (χ0) is 18.5. The van der Waals surface area contributed by atoms with E-state index in [1.165, 1.54) is 14.0 Å². The first kappa shape index (κ1) is 17.4. The number of carbonyl (C=O) groups excluding carboxylic acids is 2. The normalized spacial score (nSPS) is 10.2. The van der Waals surface area contributed by atoms with Crippen LogP contribution in [0.4, 0.5) is 17.1 Å². The summed E-state index contributed by atoms with van der Waals surface area (Å²) in [5.74, 6) is -0.473. The molecule has 4 nitrogen and oxygen atoms in total. The van der Waals surface area contributed by atoms with Crippen molar-refractivity contribution in [3.8, 4) is 0 Å². The maximum absolute atomic E-state index is 12.3. The number of para-hydroxylation sites is 3. The summed E-state index contributed by atoms with van der Waals surface area (Å²) in [6.07, 6.45) is 0. The van der Waals surface area contributed by atoms with E-state index in [1.54, 1.807) is 18.2 Å². The topological polar surface area (TPSA) is 46.6 Å². The Kier molecular flexibility index (Phi) is 5.13. The van der Waals surface area contributed by atoms with Crippen LogP contribution in [0, 0.1) is 0 Å². The lowest BCUT2D eigenvalue weighted by atomic mass is 10.0. The van der Waals surface area contributed by atoms with Crippen LogP contribution < -0.4 is 4.90 Å². The van der Waals surface area contributed by atoms with Gasteiger partial charge in [0, 0.05) is 11.3 Å². The zero-order valence-corrected chi connectivity index (χ0v) is 14.7. The fraction of sp³-hybridized carbons (Fsp3) is 0.0909. The number of nitrogens with zero attached hydrogens (tertiary/aromatic N) is 1. The summed E-state index contributed by atoms with van der Waals surface area (Å²) in [4.78, 5) is 26.4. The first-order valence-corrected chi connectivity index (χ1v) is 8.26. The Balaban J connectivity index is 2.29. The molecule has 3 aromatic carbocycles. The van der Waals surface area contributed by atoms with E-state index in [2.05, 4.69) is 0 Å². The predicted molar refractivity (Wildman–Crippen MR) is 102 cm³/mol. The van der Waals surface area contributed by atoms with Crippen molar-refractivity contribution in [2.45, 2.75) is 6.92 Å².